The standard InChI is InChI=1S/C21H23NO3/c1-2-25-21(24)17-12-14-22(15-13-17)20(23)19-11-7-6-10-18(19)16-8-4-3-5-9-16/h3-11,17H,2,12-15H2,1H3. The number of benzene rings is 2. The molecule has 1 heterocycles. The van der Waals surface area contributed by atoms with Crippen LogP contribution in [0.15, 0.2) is 54.6 Å². The van der Waals surface area contributed by atoms with Gasteiger partial charge in [-0.15, -0.1) is 0 Å². The van der Waals surface area contributed by atoms with Crippen molar-refractivity contribution in [3.05, 3.63) is 60.2 Å². The zero-order valence-corrected chi connectivity index (χ0v) is 14.5. The summed E-state index contributed by atoms with van der Waals surface area (Å²) in [7, 11) is 0. The Hall–Kier alpha value is -2.62. The highest BCUT2D eigenvalue weighted by Gasteiger charge is 2.29. The topological polar surface area (TPSA) is 46.6 Å². The Bertz CT molecular complexity index is 734. The SMILES string of the molecule is CCOC(=O)C1CCN(C(=O)c2ccccc2-c2ccccc2)CC1. The Balaban J connectivity index is 1.74. The Kier molecular flexibility index (Phi) is 5.49. The van der Waals surface area contributed by atoms with Gasteiger partial charge in [0.2, 0.25) is 0 Å². The van der Waals surface area contributed by atoms with Gasteiger partial charge in [-0.25, -0.2) is 0 Å². The minimum Gasteiger partial charge on any atom is -0.466 e. The second-order valence-electron chi connectivity index (χ2n) is 6.23. The van der Waals surface area contributed by atoms with E-state index >= 15 is 0 Å². The first-order valence-corrected chi connectivity index (χ1v) is 8.81. The Morgan fingerprint density at radius 1 is 1.00 bits per heavy atom. The molecule has 1 aliphatic rings. The molecule has 1 aliphatic heterocycles. The van der Waals surface area contributed by atoms with Gasteiger partial charge in [-0.3, -0.25) is 9.59 Å². The summed E-state index contributed by atoms with van der Waals surface area (Å²) in [6.45, 7) is 3.40. The summed E-state index contributed by atoms with van der Waals surface area (Å²) in [4.78, 5) is 26.7. The van der Waals surface area contributed by atoms with Crippen LogP contribution in [0.1, 0.15) is 30.1 Å². The van der Waals surface area contributed by atoms with Crippen LogP contribution < -0.4 is 0 Å². The van der Waals surface area contributed by atoms with E-state index in [9.17, 15) is 9.59 Å². The summed E-state index contributed by atoms with van der Waals surface area (Å²) in [6, 6.07) is 17.6. The zero-order chi connectivity index (χ0) is 17.6. The molecule has 0 spiro atoms. The van der Waals surface area contributed by atoms with E-state index in [1.54, 1.807) is 0 Å². The lowest BCUT2D eigenvalue weighted by Crippen LogP contribution is -2.40. The molecule has 0 N–H and O–H groups in total. The van der Waals surface area contributed by atoms with Gasteiger partial charge in [0.1, 0.15) is 0 Å². The van der Waals surface area contributed by atoms with Gasteiger partial charge in [-0.1, -0.05) is 48.5 Å². The van der Waals surface area contributed by atoms with Crippen molar-refractivity contribution in [2.24, 2.45) is 5.92 Å². The molecule has 1 saturated heterocycles. The van der Waals surface area contributed by atoms with Crippen LogP contribution in [0.2, 0.25) is 0 Å². The number of hydrogen-bond donors (Lipinski definition) is 0. The largest absolute Gasteiger partial charge is 0.466 e. The summed E-state index contributed by atoms with van der Waals surface area (Å²) < 4.78 is 5.10. The molecule has 4 nitrogen and oxygen atoms in total. The minimum atomic E-state index is -0.140. The predicted molar refractivity (Wildman–Crippen MR) is 97.1 cm³/mol. The molecule has 0 aromatic heterocycles. The molecule has 0 unspecified atom stereocenters. The van der Waals surface area contributed by atoms with Crippen LogP contribution >= 0.6 is 0 Å². The smallest absolute Gasteiger partial charge is 0.309 e. The van der Waals surface area contributed by atoms with Crippen LogP contribution in [0.3, 0.4) is 0 Å². The number of esters is 1. The van der Waals surface area contributed by atoms with Gasteiger partial charge in [0.05, 0.1) is 12.5 Å². The monoisotopic (exact) mass is 337 g/mol. The number of ether oxygens (including phenoxy) is 1. The van der Waals surface area contributed by atoms with Crippen molar-refractivity contribution in [3.63, 3.8) is 0 Å². The van der Waals surface area contributed by atoms with Crippen LogP contribution in [0, 0.1) is 5.92 Å². The first kappa shape index (κ1) is 17.2. The molecular formula is C21H23NO3. The molecule has 130 valence electrons. The molecule has 1 fully saturated rings. The molecule has 0 radical (unpaired) electrons. The van der Waals surface area contributed by atoms with Crippen LogP contribution in [-0.2, 0) is 9.53 Å². The maximum atomic E-state index is 13.0. The molecule has 4 heteroatoms. The first-order chi connectivity index (χ1) is 12.2. The van der Waals surface area contributed by atoms with Crippen molar-refractivity contribution in [2.45, 2.75) is 19.8 Å². The van der Waals surface area contributed by atoms with Crippen LogP contribution in [0.25, 0.3) is 11.1 Å². The maximum Gasteiger partial charge on any atom is 0.309 e. The van der Waals surface area contributed by atoms with Crippen molar-refractivity contribution >= 4 is 11.9 Å². The van der Waals surface area contributed by atoms with Gasteiger partial charge in [0.15, 0.2) is 0 Å². The summed E-state index contributed by atoms with van der Waals surface area (Å²) in [5, 5.41) is 0. The van der Waals surface area contributed by atoms with Crippen molar-refractivity contribution in [3.8, 4) is 11.1 Å². The second kappa shape index (κ2) is 7.97. The van der Waals surface area contributed by atoms with Crippen molar-refractivity contribution in [1.29, 1.82) is 0 Å². The molecule has 0 saturated carbocycles. The minimum absolute atomic E-state index is 0.0294. The van der Waals surface area contributed by atoms with Crippen LogP contribution in [0.4, 0.5) is 0 Å². The number of piperidine rings is 1. The number of hydrogen-bond acceptors (Lipinski definition) is 3. The summed E-state index contributed by atoms with van der Waals surface area (Å²) in [5.74, 6) is -0.200. The molecule has 0 bridgehead atoms. The Labute approximate surface area is 148 Å². The van der Waals surface area contributed by atoms with Gasteiger partial charge < -0.3 is 9.64 Å². The number of carbonyl (C=O) groups is 2. The van der Waals surface area contributed by atoms with E-state index in [1.807, 2.05) is 66.4 Å². The number of likely N-dealkylation sites (tertiary alicyclic amines) is 1. The predicted octanol–water partition coefficient (Wildman–Crippen LogP) is 3.77. The van der Waals surface area contributed by atoms with Crippen LogP contribution in [-0.4, -0.2) is 36.5 Å². The van der Waals surface area contributed by atoms with Gasteiger partial charge >= 0.3 is 5.97 Å². The number of carbonyl (C=O) groups excluding carboxylic acids is 2. The Morgan fingerprint density at radius 3 is 2.32 bits per heavy atom. The normalized spacial score (nSPS) is 15.0. The molecule has 1 amide bonds. The van der Waals surface area contributed by atoms with Crippen molar-refractivity contribution in [1.82, 2.24) is 4.90 Å². The van der Waals surface area contributed by atoms with Gasteiger partial charge in [0, 0.05) is 18.7 Å². The van der Waals surface area contributed by atoms with E-state index in [0.29, 0.717) is 38.1 Å². The highest BCUT2D eigenvalue weighted by Crippen LogP contribution is 2.26. The average Bonchev–Trinajstić information content (AvgIpc) is 2.68. The Morgan fingerprint density at radius 2 is 1.64 bits per heavy atom. The number of amides is 1. The van der Waals surface area contributed by atoms with Crippen molar-refractivity contribution < 1.29 is 14.3 Å². The fraction of sp³-hybridized carbons (Fsp3) is 0.333. The van der Waals surface area contributed by atoms with E-state index in [-0.39, 0.29) is 17.8 Å². The molecular weight excluding hydrogens is 314 g/mol. The van der Waals surface area contributed by atoms with Crippen molar-refractivity contribution in [2.75, 3.05) is 19.7 Å². The van der Waals surface area contributed by atoms with E-state index in [0.717, 1.165) is 11.1 Å². The zero-order valence-electron chi connectivity index (χ0n) is 14.5. The van der Waals surface area contributed by atoms with Gasteiger partial charge in [-0.05, 0) is 37.0 Å². The lowest BCUT2D eigenvalue weighted by molar-refractivity contribution is -0.149. The van der Waals surface area contributed by atoms with Gasteiger partial charge in [-0.2, -0.15) is 0 Å². The molecule has 25 heavy (non-hydrogen) atoms. The van der Waals surface area contributed by atoms with Gasteiger partial charge in [0.25, 0.3) is 5.91 Å². The molecule has 0 aliphatic carbocycles. The number of nitrogens with zero attached hydrogens (tertiary/aromatic N) is 1. The molecule has 3 rings (SSSR count). The number of rotatable bonds is 4. The molecule has 2 aromatic rings. The summed E-state index contributed by atoms with van der Waals surface area (Å²) in [5.41, 5.74) is 2.69. The highest BCUT2D eigenvalue weighted by atomic mass is 16.5. The fourth-order valence-electron chi connectivity index (χ4n) is 3.29. The van der Waals surface area contributed by atoms with E-state index in [2.05, 4.69) is 0 Å². The summed E-state index contributed by atoms with van der Waals surface area (Å²) >= 11 is 0. The third-order valence-electron chi connectivity index (χ3n) is 4.64. The maximum absolute atomic E-state index is 13.0. The van der Waals surface area contributed by atoms with E-state index < -0.39 is 0 Å². The molecule has 2 aromatic carbocycles. The third kappa shape index (κ3) is 3.90. The lowest BCUT2D eigenvalue weighted by Gasteiger charge is -2.31. The highest BCUT2D eigenvalue weighted by molar-refractivity contribution is 6.01. The van der Waals surface area contributed by atoms with Crippen LogP contribution in [0.5, 0.6) is 0 Å². The average molecular weight is 337 g/mol. The lowest BCUT2D eigenvalue weighted by atomic mass is 9.94. The van der Waals surface area contributed by atoms with E-state index in [1.165, 1.54) is 0 Å². The van der Waals surface area contributed by atoms with E-state index in [4.69, 9.17) is 4.74 Å². The first-order valence-electron chi connectivity index (χ1n) is 8.81. The quantitative estimate of drug-likeness (QED) is 0.798. The second-order valence-corrected chi connectivity index (χ2v) is 6.23. The third-order valence-corrected chi connectivity index (χ3v) is 4.64. The molecule has 0 atom stereocenters. The fourth-order valence-corrected chi connectivity index (χ4v) is 3.29. The summed E-state index contributed by atoms with van der Waals surface area (Å²) in [6.07, 6.45) is 1.33.